The third-order valence-electron chi connectivity index (χ3n) is 1.77. The molecule has 0 fully saturated rings. The predicted molar refractivity (Wildman–Crippen MR) is 51.9 cm³/mol. The highest BCUT2D eigenvalue weighted by Crippen LogP contribution is 2.12. The van der Waals surface area contributed by atoms with Crippen LogP contribution in [0.25, 0.3) is 17.5 Å². The maximum Gasteiger partial charge on any atom is 0.138 e. The standard InChI is InChI=1S/C10H9N3/c1-2-9-4-3-8(7-13-9)10-11-5-6-12-10/h2-7H,1H2,(H,11,12). The summed E-state index contributed by atoms with van der Waals surface area (Å²) in [5.74, 6) is 0.836. The van der Waals surface area contributed by atoms with Crippen molar-refractivity contribution in [1.29, 1.82) is 0 Å². The van der Waals surface area contributed by atoms with E-state index in [9.17, 15) is 0 Å². The van der Waals surface area contributed by atoms with Crippen molar-refractivity contribution in [2.24, 2.45) is 0 Å². The van der Waals surface area contributed by atoms with Crippen molar-refractivity contribution in [3.8, 4) is 11.4 Å². The monoisotopic (exact) mass is 171 g/mol. The first-order valence-corrected chi connectivity index (χ1v) is 3.98. The molecular formula is C10H9N3. The zero-order valence-corrected chi connectivity index (χ0v) is 7.07. The molecular weight excluding hydrogens is 162 g/mol. The molecule has 13 heavy (non-hydrogen) atoms. The molecule has 0 radical (unpaired) electrons. The molecule has 0 aliphatic heterocycles. The fourth-order valence-electron chi connectivity index (χ4n) is 1.09. The smallest absolute Gasteiger partial charge is 0.138 e. The maximum absolute atomic E-state index is 4.18. The van der Waals surface area contributed by atoms with Crippen molar-refractivity contribution in [2.45, 2.75) is 0 Å². The number of H-pyrrole nitrogens is 1. The summed E-state index contributed by atoms with van der Waals surface area (Å²) < 4.78 is 0. The van der Waals surface area contributed by atoms with E-state index in [4.69, 9.17) is 0 Å². The van der Waals surface area contributed by atoms with E-state index in [2.05, 4.69) is 21.5 Å². The van der Waals surface area contributed by atoms with Gasteiger partial charge in [0.2, 0.25) is 0 Å². The second kappa shape index (κ2) is 3.23. The summed E-state index contributed by atoms with van der Waals surface area (Å²) in [7, 11) is 0. The quantitative estimate of drug-likeness (QED) is 0.751. The van der Waals surface area contributed by atoms with E-state index in [-0.39, 0.29) is 0 Å². The first-order chi connectivity index (χ1) is 6.40. The Kier molecular flexibility index (Phi) is 1.92. The van der Waals surface area contributed by atoms with Crippen LogP contribution in [0.1, 0.15) is 5.69 Å². The molecule has 1 N–H and O–H groups in total. The number of rotatable bonds is 2. The van der Waals surface area contributed by atoms with E-state index in [1.165, 1.54) is 0 Å². The summed E-state index contributed by atoms with van der Waals surface area (Å²) in [4.78, 5) is 11.3. The van der Waals surface area contributed by atoms with Crippen LogP contribution in [-0.2, 0) is 0 Å². The second-order valence-electron chi connectivity index (χ2n) is 2.61. The fourth-order valence-corrected chi connectivity index (χ4v) is 1.09. The average molecular weight is 171 g/mol. The third-order valence-corrected chi connectivity index (χ3v) is 1.77. The lowest BCUT2D eigenvalue weighted by Crippen LogP contribution is -1.84. The van der Waals surface area contributed by atoms with Crippen molar-refractivity contribution in [1.82, 2.24) is 15.0 Å². The summed E-state index contributed by atoms with van der Waals surface area (Å²) >= 11 is 0. The number of nitrogens with one attached hydrogen (secondary N) is 1. The van der Waals surface area contributed by atoms with Crippen LogP contribution in [0.3, 0.4) is 0 Å². The summed E-state index contributed by atoms with van der Waals surface area (Å²) in [5.41, 5.74) is 1.85. The van der Waals surface area contributed by atoms with Crippen LogP contribution in [0.5, 0.6) is 0 Å². The third kappa shape index (κ3) is 1.49. The maximum atomic E-state index is 4.18. The Balaban J connectivity index is 2.38. The molecule has 0 unspecified atom stereocenters. The second-order valence-corrected chi connectivity index (χ2v) is 2.61. The largest absolute Gasteiger partial charge is 0.345 e. The topological polar surface area (TPSA) is 41.6 Å². The molecule has 2 aromatic rings. The number of imidazole rings is 1. The highest BCUT2D eigenvalue weighted by molar-refractivity contribution is 5.55. The molecule has 3 heteroatoms. The Bertz CT molecular complexity index is 387. The molecule has 0 amide bonds. The predicted octanol–water partition coefficient (Wildman–Crippen LogP) is 2.11. The Morgan fingerprint density at radius 3 is 2.77 bits per heavy atom. The zero-order chi connectivity index (χ0) is 9.10. The Labute approximate surface area is 76.2 Å². The van der Waals surface area contributed by atoms with Gasteiger partial charge in [0.25, 0.3) is 0 Å². The van der Waals surface area contributed by atoms with E-state index in [1.54, 1.807) is 24.7 Å². The van der Waals surface area contributed by atoms with Crippen LogP contribution in [-0.4, -0.2) is 15.0 Å². The van der Waals surface area contributed by atoms with Gasteiger partial charge < -0.3 is 4.98 Å². The van der Waals surface area contributed by atoms with E-state index in [0.717, 1.165) is 17.1 Å². The van der Waals surface area contributed by atoms with Gasteiger partial charge in [-0.25, -0.2) is 4.98 Å². The van der Waals surface area contributed by atoms with Crippen LogP contribution in [0.4, 0.5) is 0 Å². The van der Waals surface area contributed by atoms with E-state index in [1.807, 2.05) is 12.1 Å². The Morgan fingerprint density at radius 1 is 1.31 bits per heavy atom. The minimum Gasteiger partial charge on any atom is -0.345 e. The molecule has 0 spiro atoms. The molecule has 64 valence electrons. The lowest BCUT2D eigenvalue weighted by Gasteiger charge is -1.96. The average Bonchev–Trinajstić information content (AvgIpc) is 2.71. The molecule has 3 nitrogen and oxygen atoms in total. The van der Waals surface area contributed by atoms with E-state index < -0.39 is 0 Å². The van der Waals surface area contributed by atoms with Crippen molar-refractivity contribution in [2.75, 3.05) is 0 Å². The van der Waals surface area contributed by atoms with Gasteiger partial charge in [0, 0.05) is 24.2 Å². The molecule has 2 heterocycles. The van der Waals surface area contributed by atoms with Gasteiger partial charge in [-0.15, -0.1) is 0 Å². The molecule has 0 saturated heterocycles. The van der Waals surface area contributed by atoms with Gasteiger partial charge in [0.1, 0.15) is 5.82 Å². The van der Waals surface area contributed by atoms with Gasteiger partial charge in [-0.05, 0) is 18.2 Å². The summed E-state index contributed by atoms with van der Waals surface area (Å²) in [5, 5.41) is 0. The molecule has 0 aliphatic carbocycles. The molecule has 2 aromatic heterocycles. The van der Waals surface area contributed by atoms with Gasteiger partial charge in [-0.2, -0.15) is 0 Å². The van der Waals surface area contributed by atoms with Crippen molar-refractivity contribution in [3.63, 3.8) is 0 Å². The van der Waals surface area contributed by atoms with Crippen LogP contribution >= 0.6 is 0 Å². The number of hydrogen-bond acceptors (Lipinski definition) is 2. The molecule has 0 aliphatic rings. The number of aromatic nitrogens is 3. The minimum atomic E-state index is 0.836. The summed E-state index contributed by atoms with van der Waals surface area (Å²) in [6.45, 7) is 3.64. The minimum absolute atomic E-state index is 0.836. The molecule has 2 rings (SSSR count). The van der Waals surface area contributed by atoms with Crippen LogP contribution < -0.4 is 0 Å². The number of pyridine rings is 1. The highest BCUT2D eigenvalue weighted by atomic mass is 14.9. The van der Waals surface area contributed by atoms with Crippen molar-refractivity contribution < 1.29 is 0 Å². The first-order valence-electron chi connectivity index (χ1n) is 3.98. The zero-order valence-electron chi connectivity index (χ0n) is 7.07. The highest BCUT2D eigenvalue weighted by Gasteiger charge is 1.98. The number of aromatic amines is 1. The van der Waals surface area contributed by atoms with Gasteiger partial charge in [-0.1, -0.05) is 6.58 Å². The summed E-state index contributed by atoms with van der Waals surface area (Å²) in [6.07, 6.45) is 7.00. The molecule has 0 atom stereocenters. The van der Waals surface area contributed by atoms with Gasteiger partial charge in [-0.3, -0.25) is 4.98 Å². The molecule has 0 aromatic carbocycles. The SMILES string of the molecule is C=Cc1ccc(-c2ncc[nH]2)cn1. The lowest BCUT2D eigenvalue weighted by atomic mass is 10.2. The lowest BCUT2D eigenvalue weighted by molar-refractivity contribution is 1.25. The van der Waals surface area contributed by atoms with Crippen LogP contribution in [0.15, 0.2) is 37.3 Å². The van der Waals surface area contributed by atoms with Crippen LogP contribution in [0, 0.1) is 0 Å². The molecule has 0 saturated carbocycles. The van der Waals surface area contributed by atoms with Crippen molar-refractivity contribution >= 4 is 6.08 Å². The van der Waals surface area contributed by atoms with E-state index in [0.29, 0.717) is 0 Å². The van der Waals surface area contributed by atoms with Crippen LogP contribution in [0.2, 0.25) is 0 Å². The Hall–Kier alpha value is -1.90. The molecule has 0 bridgehead atoms. The first kappa shape index (κ1) is 7.73. The number of nitrogens with zero attached hydrogens (tertiary/aromatic N) is 2. The summed E-state index contributed by atoms with van der Waals surface area (Å²) in [6, 6.07) is 3.87. The van der Waals surface area contributed by atoms with E-state index >= 15 is 0 Å². The van der Waals surface area contributed by atoms with Gasteiger partial charge in [0.05, 0.1) is 5.69 Å². The Morgan fingerprint density at radius 2 is 2.23 bits per heavy atom. The number of hydrogen-bond donors (Lipinski definition) is 1. The normalized spacial score (nSPS) is 9.85. The fraction of sp³-hybridized carbons (Fsp3) is 0. The van der Waals surface area contributed by atoms with Gasteiger partial charge >= 0.3 is 0 Å². The van der Waals surface area contributed by atoms with Gasteiger partial charge in [0.15, 0.2) is 0 Å². The van der Waals surface area contributed by atoms with Crippen molar-refractivity contribution in [3.05, 3.63) is 43.0 Å².